The fraction of sp³-hybridized carbons (Fsp3) is 0.136. The van der Waals surface area contributed by atoms with Crippen LogP contribution in [0.2, 0.25) is 0 Å². The van der Waals surface area contributed by atoms with E-state index in [0.717, 1.165) is 22.3 Å². The molecule has 0 saturated heterocycles. The van der Waals surface area contributed by atoms with E-state index >= 15 is 0 Å². The van der Waals surface area contributed by atoms with Gasteiger partial charge in [-0.2, -0.15) is 0 Å². The van der Waals surface area contributed by atoms with E-state index in [4.69, 9.17) is 15.5 Å². The van der Waals surface area contributed by atoms with Gasteiger partial charge in [-0.05, 0) is 49.2 Å². The molecule has 0 unspecified atom stereocenters. The average molecular weight is 372 g/mol. The Morgan fingerprint density at radius 2 is 1.79 bits per heavy atom. The number of benzene rings is 2. The largest absolute Gasteiger partial charge is 0.458 e. The lowest BCUT2D eigenvalue weighted by Crippen LogP contribution is -2.09. The van der Waals surface area contributed by atoms with Crippen molar-refractivity contribution in [2.75, 3.05) is 12.3 Å². The minimum atomic E-state index is -0.546. The van der Waals surface area contributed by atoms with Gasteiger partial charge < -0.3 is 10.5 Å². The molecule has 0 fully saturated rings. The molecule has 0 bridgehead atoms. The number of ether oxygens (including phenoxy) is 1. The van der Waals surface area contributed by atoms with Gasteiger partial charge in [-0.3, -0.25) is 4.57 Å². The van der Waals surface area contributed by atoms with Gasteiger partial charge in [0.1, 0.15) is 23.5 Å². The number of carbonyl (C=O) groups is 1. The molecule has 0 aliphatic rings. The van der Waals surface area contributed by atoms with Crippen LogP contribution in [0.5, 0.6) is 0 Å². The lowest BCUT2D eigenvalue weighted by molar-refractivity contribution is 0.0553. The van der Waals surface area contributed by atoms with Gasteiger partial charge in [-0.25, -0.2) is 14.8 Å². The monoisotopic (exact) mass is 372 g/mol. The summed E-state index contributed by atoms with van der Waals surface area (Å²) < 4.78 is 7.02. The molecule has 2 heterocycles. The highest BCUT2D eigenvalue weighted by molar-refractivity contribution is 6.09. The summed E-state index contributed by atoms with van der Waals surface area (Å²) in [5.74, 6) is -0.292. The van der Waals surface area contributed by atoms with Crippen molar-refractivity contribution in [1.82, 2.24) is 14.5 Å². The van der Waals surface area contributed by atoms with Crippen molar-refractivity contribution < 1.29 is 9.53 Å². The zero-order chi connectivity index (χ0) is 19.8. The number of anilines is 1. The Balaban J connectivity index is 2.08. The lowest BCUT2D eigenvalue weighted by Gasteiger charge is -2.10. The number of hydrogen-bond donors (Lipinski definition) is 1. The first kappa shape index (κ1) is 17.7. The molecular weight excluding hydrogens is 352 g/mol. The van der Waals surface area contributed by atoms with Crippen LogP contribution in [0.25, 0.3) is 27.9 Å². The van der Waals surface area contributed by atoms with Crippen LogP contribution in [0.3, 0.4) is 0 Å². The maximum absolute atomic E-state index is 12.7. The molecule has 6 heteroatoms. The van der Waals surface area contributed by atoms with Crippen molar-refractivity contribution in [3.63, 3.8) is 0 Å². The Hall–Kier alpha value is -3.67. The predicted molar refractivity (Wildman–Crippen MR) is 111 cm³/mol. The number of nitrogens with two attached hydrogens (primary N) is 1. The summed E-state index contributed by atoms with van der Waals surface area (Å²) in [5, 5.41) is 0. The fourth-order valence-corrected chi connectivity index (χ4v) is 3.41. The molecule has 4 rings (SSSR count). The molecule has 4 aromatic rings. The number of nitrogen functional groups attached to an aromatic ring is 1. The maximum Gasteiger partial charge on any atom is 0.344 e. The first-order valence-electron chi connectivity index (χ1n) is 8.93. The molecule has 0 aliphatic heterocycles. The molecule has 0 atom stereocenters. The Morgan fingerprint density at radius 1 is 1.14 bits per heavy atom. The molecule has 0 amide bonds. The summed E-state index contributed by atoms with van der Waals surface area (Å²) >= 11 is 0. The number of aromatic nitrogens is 3. The summed E-state index contributed by atoms with van der Waals surface area (Å²) in [5.41, 5.74) is 12.0. The highest BCUT2D eigenvalue weighted by Gasteiger charge is 2.25. The van der Waals surface area contributed by atoms with E-state index < -0.39 is 5.97 Å². The third-order valence-electron chi connectivity index (χ3n) is 4.50. The van der Waals surface area contributed by atoms with E-state index in [1.54, 1.807) is 4.57 Å². The van der Waals surface area contributed by atoms with Gasteiger partial charge in [0.25, 0.3) is 0 Å². The maximum atomic E-state index is 12.7. The quantitative estimate of drug-likeness (QED) is 0.430. The van der Waals surface area contributed by atoms with E-state index in [-0.39, 0.29) is 18.0 Å². The van der Waals surface area contributed by atoms with Crippen molar-refractivity contribution in [3.8, 4) is 5.69 Å². The Labute approximate surface area is 162 Å². The third-order valence-corrected chi connectivity index (χ3v) is 4.50. The molecule has 0 aliphatic carbocycles. The van der Waals surface area contributed by atoms with Crippen LogP contribution < -0.4 is 5.73 Å². The highest BCUT2D eigenvalue weighted by Crippen LogP contribution is 2.32. The van der Waals surface area contributed by atoms with Crippen LogP contribution in [-0.2, 0) is 4.74 Å². The number of fused-ring (bicyclic) bond motifs is 2. The van der Waals surface area contributed by atoms with E-state index in [9.17, 15) is 4.79 Å². The van der Waals surface area contributed by atoms with Gasteiger partial charge in [0.05, 0.1) is 11.0 Å². The zero-order valence-electron chi connectivity index (χ0n) is 15.8. The second-order valence-corrected chi connectivity index (χ2v) is 6.71. The summed E-state index contributed by atoms with van der Waals surface area (Å²) in [6.45, 7) is 7.70. The topological polar surface area (TPSA) is 83.0 Å². The lowest BCUT2D eigenvalue weighted by atomic mass is 10.1. The standard InChI is InChI=1S/C22H20N4O2/c1-4-9-28-22(27)18-19-21(25-17-8-6-5-7-16(17)24-19)26(20(18)23)15-11-13(2)10-14(3)12-15/h4-8,10-12H,1,9,23H2,2-3H3. The number of nitrogens with zero attached hydrogens (tertiary/aromatic N) is 3. The van der Waals surface area contributed by atoms with E-state index in [2.05, 4.69) is 17.6 Å². The van der Waals surface area contributed by atoms with E-state index in [1.165, 1.54) is 6.08 Å². The molecule has 0 spiro atoms. The van der Waals surface area contributed by atoms with E-state index in [1.807, 2.05) is 50.2 Å². The van der Waals surface area contributed by atoms with Crippen LogP contribution in [0.1, 0.15) is 21.5 Å². The highest BCUT2D eigenvalue weighted by atomic mass is 16.5. The number of aryl methyl sites for hydroxylation is 2. The van der Waals surface area contributed by atoms with Gasteiger partial charge in [-0.1, -0.05) is 30.9 Å². The Kier molecular flexibility index (Phi) is 4.31. The molecule has 140 valence electrons. The predicted octanol–water partition coefficient (Wildman–Crippen LogP) is 4.12. The van der Waals surface area contributed by atoms with Gasteiger partial charge in [0.2, 0.25) is 0 Å². The first-order chi connectivity index (χ1) is 13.5. The van der Waals surface area contributed by atoms with Crippen molar-refractivity contribution in [2.24, 2.45) is 0 Å². The van der Waals surface area contributed by atoms with Crippen molar-refractivity contribution in [2.45, 2.75) is 13.8 Å². The van der Waals surface area contributed by atoms with Crippen molar-refractivity contribution >= 4 is 34.0 Å². The third kappa shape index (κ3) is 2.89. The van der Waals surface area contributed by atoms with Gasteiger partial charge in [0.15, 0.2) is 5.65 Å². The average Bonchev–Trinajstić information content (AvgIpc) is 2.94. The van der Waals surface area contributed by atoms with Crippen LogP contribution in [0.4, 0.5) is 5.82 Å². The van der Waals surface area contributed by atoms with Crippen LogP contribution in [0, 0.1) is 13.8 Å². The number of rotatable bonds is 4. The summed E-state index contributed by atoms with van der Waals surface area (Å²) in [6, 6.07) is 13.6. The second-order valence-electron chi connectivity index (χ2n) is 6.71. The summed E-state index contributed by atoms with van der Waals surface area (Å²) in [6.07, 6.45) is 1.51. The molecule has 2 aromatic carbocycles. The normalized spacial score (nSPS) is 11.1. The number of para-hydroxylation sites is 2. The molecule has 0 radical (unpaired) electrons. The van der Waals surface area contributed by atoms with Crippen LogP contribution in [-0.4, -0.2) is 27.1 Å². The zero-order valence-corrected chi connectivity index (χ0v) is 15.8. The second kappa shape index (κ2) is 6.81. The van der Waals surface area contributed by atoms with Gasteiger partial charge >= 0.3 is 5.97 Å². The number of hydrogen-bond acceptors (Lipinski definition) is 5. The van der Waals surface area contributed by atoms with Gasteiger partial charge in [-0.15, -0.1) is 0 Å². The van der Waals surface area contributed by atoms with E-state index in [0.29, 0.717) is 16.7 Å². The molecule has 6 nitrogen and oxygen atoms in total. The van der Waals surface area contributed by atoms with Crippen LogP contribution in [0.15, 0.2) is 55.1 Å². The minimum absolute atomic E-state index is 0.0928. The molecular formula is C22H20N4O2. The first-order valence-corrected chi connectivity index (χ1v) is 8.93. The van der Waals surface area contributed by atoms with Crippen molar-refractivity contribution in [1.29, 1.82) is 0 Å². The number of esters is 1. The molecule has 28 heavy (non-hydrogen) atoms. The summed E-state index contributed by atoms with van der Waals surface area (Å²) in [4.78, 5) is 22.1. The van der Waals surface area contributed by atoms with Crippen LogP contribution >= 0.6 is 0 Å². The minimum Gasteiger partial charge on any atom is -0.458 e. The SMILES string of the molecule is C=CCOC(=O)c1c(N)n(-c2cc(C)cc(C)c2)c2nc3ccccc3nc12. The van der Waals surface area contributed by atoms with Crippen molar-refractivity contribution in [3.05, 3.63) is 71.8 Å². The Morgan fingerprint density at radius 3 is 2.43 bits per heavy atom. The molecule has 2 N–H and O–H groups in total. The molecule has 2 aromatic heterocycles. The Bertz CT molecular complexity index is 1220. The number of carbonyl (C=O) groups excluding carboxylic acids is 1. The molecule has 0 saturated carbocycles. The smallest absolute Gasteiger partial charge is 0.344 e. The van der Waals surface area contributed by atoms with Gasteiger partial charge in [0, 0.05) is 5.69 Å². The summed E-state index contributed by atoms with van der Waals surface area (Å²) in [7, 11) is 0. The fourth-order valence-electron chi connectivity index (χ4n) is 3.41.